The van der Waals surface area contributed by atoms with Crippen molar-refractivity contribution >= 4 is 11.5 Å². The Labute approximate surface area is 133 Å². The molecule has 24 heavy (non-hydrogen) atoms. The third kappa shape index (κ3) is 3.40. The van der Waals surface area contributed by atoms with E-state index in [0.29, 0.717) is 18.9 Å². The first-order valence-corrected chi connectivity index (χ1v) is 7.31. The Hall–Kier alpha value is -2.04. The summed E-state index contributed by atoms with van der Waals surface area (Å²) >= 11 is 0. The maximum atomic E-state index is 12.9. The summed E-state index contributed by atoms with van der Waals surface area (Å²) in [5, 5.41) is 11.1. The van der Waals surface area contributed by atoms with Crippen molar-refractivity contribution in [1.82, 2.24) is 24.7 Å². The van der Waals surface area contributed by atoms with Crippen LogP contribution in [0.1, 0.15) is 19.2 Å². The Morgan fingerprint density at radius 1 is 1.21 bits per heavy atom. The van der Waals surface area contributed by atoms with Crippen LogP contribution in [0.15, 0.2) is 12.1 Å². The number of hydrogen-bond acceptors (Lipinski definition) is 5. The smallest absolute Gasteiger partial charge is 0.352 e. The van der Waals surface area contributed by atoms with Gasteiger partial charge in [-0.15, -0.1) is 15.3 Å². The van der Waals surface area contributed by atoms with Crippen LogP contribution >= 0.6 is 0 Å². The molecular weight excluding hydrogens is 335 g/mol. The molecule has 1 saturated heterocycles. The maximum absolute atomic E-state index is 12.9. The fourth-order valence-electron chi connectivity index (χ4n) is 2.77. The molecule has 0 N–H and O–H groups in total. The Bertz CT molecular complexity index is 714. The molecule has 0 amide bonds. The molecule has 3 rings (SSSR count). The van der Waals surface area contributed by atoms with Gasteiger partial charge in [-0.2, -0.15) is 17.7 Å². The molecule has 1 atom stereocenters. The Morgan fingerprint density at radius 2 is 1.96 bits per heavy atom. The van der Waals surface area contributed by atoms with Crippen LogP contribution in [-0.4, -0.2) is 63.1 Å². The van der Waals surface area contributed by atoms with E-state index in [0.717, 1.165) is 4.52 Å². The molecular formula is C13H15F5N6. The van der Waals surface area contributed by atoms with Crippen molar-refractivity contribution < 1.29 is 22.0 Å². The number of nitrogens with zero attached hydrogens (tertiary/aromatic N) is 6. The molecule has 0 radical (unpaired) electrons. The summed E-state index contributed by atoms with van der Waals surface area (Å²) in [6, 6.07) is 2.77. The van der Waals surface area contributed by atoms with Crippen molar-refractivity contribution in [3.63, 3.8) is 0 Å². The van der Waals surface area contributed by atoms with Crippen LogP contribution in [0, 0.1) is 0 Å². The van der Waals surface area contributed by atoms with Crippen molar-refractivity contribution in [2.75, 3.05) is 31.1 Å². The van der Waals surface area contributed by atoms with Gasteiger partial charge in [0.1, 0.15) is 5.82 Å². The second kappa shape index (κ2) is 6.11. The predicted molar refractivity (Wildman–Crippen MR) is 75.0 cm³/mol. The van der Waals surface area contributed by atoms with Crippen molar-refractivity contribution in [3.05, 3.63) is 18.0 Å². The van der Waals surface area contributed by atoms with Gasteiger partial charge in [0.25, 0.3) is 6.43 Å². The zero-order chi connectivity index (χ0) is 17.5. The van der Waals surface area contributed by atoms with Crippen LogP contribution in [0.4, 0.5) is 27.8 Å². The minimum Gasteiger partial charge on any atom is -0.352 e. The molecule has 6 nitrogen and oxygen atoms in total. The average molecular weight is 350 g/mol. The van der Waals surface area contributed by atoms with Gasteiger partial charge < -0.3 is 4.90 Å². The minimum absolute atomic E-state index is 0.192. The fraction of sp³-hybridized carbons (Fsp3) is 0.615. The van der Waals surface area contributed by atoms with E-state index in [1.807, 2.05) is 0 Å². The second-order valence-corrected chi connectivity index (χ2v) is 5.70. The van der Waals surface area contributed by atoms with Crippen LogP contribution in [0.25, 0.3) is 5.65 Å². The highest BCUT2D eigenvalue weighted by Gasteiger charge is 2.35. The molecule has 132 valence electrons. The number of fused-ring (bicyclic) bond motifs is 1. The van der Waals surface area contributed by atoms with Crippen LogP contribution in [0.2, 0.25) is 0 Å². The molecule has 0 aromatic carbocycles. The third-order valence-electron chi connectivity index (χ3n) is 3.94. The highest BCUT2D eigenvalue weighted by Crippen LogP contribution is 2.23. The number of anilines is 1. The Morgan fingerprint density at radius 3 is 2.58 bits per heavy atom. The van der Waals surface area contributed by atoms with Gasteiger partial charge in [0.05, 0.1) is 6.54 Å². The van der Waals surface area contributed by atoms with E-state index in [-0.39, 0.29) is 18.2 Å². The quantitative estimate of drug-likeness (QED) is 0.794. The lowest BCUT2D eigenvalue weighted by Crippen LogP contribution is -2.54. The van der Waals surface area contributed by atoms with E-state index in [4.69, 9.17) is 0 Å². The summed E-state index contributed by atoms with van der Waals surface area (Å²) in [4.78, 5) is 3.12. The van der Waals surface area contributed by atoms with Crippen molar-refractivity contribution in [2.45, 2.75) is 25.6 Å². The SMILES string of the molecule is CC1CN(c2ccc3nnc(C(F)F)n3n2)CCN1CC(F)(F)F. The van der Waals surface area contributed by atoms with Gasteiger partial charge in [-0.25, -0.2) is 8.78 Å². The molecule has 11 heteroatoms. The first-order valence-electron chi connectivity index (χ1n) is 7.31. The Kier molecular flexibility index (Phi) is 4.28. The lowest BCUT2D eigenvalue weighted by molar-refractivity contribution is -0.150. The number of rotatable bonds is 3. The normalized spacial score (nSPS) is 20.3. The molecule has 3 heterocycles. The van der Waals surface area contributed by atoms with E-state index < -0.39 is 25.0 Å². The zero-order valence-corrected chi connectivity index (χ0v) is 12.7. The van der Waals surface area contributed by atoms with E-state index in [1.165, 1.54) is 11.0 Å². The zero-order valence-electron chi connectivity index (χ0n) is 12.7. The summed E-state index contributed by atoms with van der Waals surface area (Å²) in [7, 11) is 0. The summed E-state index contributed by atoms with van der Waals surface area (Å²) in [5.41, 5.74) is 0.192. The summed E-state index contributed by atoms with van der Waals surface area (Å²) in [6.07, 6.45) is -7.06. The molecule has 2 aromatic rings. The lowest BCUT2D eigenvalue weighted by Gasteiger charge is -2.40. The van der Waals surface area contributed by atoms with Gasteiger partial charge in [-0.05, 0) is 19.1 Å². The van der Waals surface area contributed by atoms with E-state index >= 15 is 0 Å². The molecule has 1 aliphatic heterocycles. The predicted octanol–water partition coefficient (Wildman–Crippen LogP) is 2.13. The molecule has 0 aliphatic carbocycles. The first kappa shape index (κ1) is 16.8. The van der Waals surface area contributed by atoms with E-state index in [1.54, 1.807) is 17.9 Å². The van der Waals surface area contributed by atoms with E-state index in [2.05, 4.69) is 15.3 Å². The van der Waals surface area contributed by atoms with Crippen LogP contribution in [0.3, 0.4) is 0 Å². The number of piperazine rings is 1. The standard InChI is InChI=1S/C13H15F5N6/c1-8-6-22(4-5-23(8)7-13(16,17)18)10-3-2-9-19-20-12(11(14)15)24(9)21-10/h2-3,8,11H,4-7H2,1H3. The average Bonchev–Trinajstić information content (AvgIpc) is 2.91. The molecule has 2 aromatic heterocycles. The van der Waals surface area contributed by atoms with Gasteiger partial charge in [-0.3, -0.25) is 4.90 Å². The topological polar surface area (TPSA) is 49.6 Å². The molecule has 0 bridgehead atoms. The van der Waals surface area contributed by atoms with Gasteiger partial charge in [0, 0.05) is 25.7 Å². The highest BCUT2D eigenvalue weighted by molar-refractivity contribution is 5.46. The van der Waals surface area contributed by atoms with Gasteiger partial charge in [0.15, 0.2) is 5.65 Å². The lowest BCUT2D eigenvalue weighted by atomic mass is 10.2. The maximum Gasteiger partial charge on any atom is 0.401 e. The van der Waals surface area contributed by atoms with Gasteiger partial charge in [0.2, 0.25) is 5.82 Å². The molecule has 1 aliphatic rings. The van der Waals surface area contributed by atoms with Gasteiger partial charge in [-0.1, -0.05) is 0 Å². The van der Waals surface area contributed by atoms with Crippen molar-refractivity contribution in [2.24, 2.45) is 0 Å². The molecule has 1 unspecified atom stereocenters. The summed E-state index contributed by atoms with van der Waals surface area (Å²) in [6.45, 7) is 1.59. The molecule has 1 fully saturated rings. The summed E-state index contributed by atoms with van der Waals surface area (Å²) < 4.78 is 64.3. The molecule has 0 saturated carbocycles. The molecule has 0 spiro atoms. The third-order valence-corrected chi connectivity index (χ3v) is 3.94. The first-order chi connectivity index (χ1) is 11.2. The van der Waals surface area contributed by atoms with E-state index in [9.17, 15) is 22.0 Å². The van der Waals surface area contributed by atoms with Gasteiger partial charge >= 0.3 is 6.18 Å². The fourth-order valence-corrected chi connectivity index (χ4v) is 2.77. The minimum atomic E-state index is -4.25. The monoisotopic (exact) mass is 350 g/mol. The number of hydrogen-bond donors (Lipinski definition) is 0. The number of halogens is 5. The highest BCUT2D eigenvalue weighted by atomic mass is 19.4. The summed E-state index contributed by atoms with van der Waals surface area (Å²) in [5.74, 6) is -0.154. The van der Waals surface area contributed by atoms with Crippen LogP contribution in [-0.2, 0) is 0 Å². The van der Waals surface area contributed by atoms with Crippen LogP contribution in [0.5, 0.6) is 0 Å². The number of aromatic nitrogens is 4. The number of alkyl halides is 5. The largest absolute Gasteiger partial charge is 0.401 e. The van der Waals surface area contributed by atoms with Crippen molar-refractivity contribution in [1.29, 1.82) is 0 Å². The van der Waals surface area contributed by atoms with Crippen molar-refractivity contribution in [3.8, 4) is 0 Å². The van der Waals surface area contributed by atoms with Crippen LogP contribution < -0.4 is 4.90 Å². The second-order valence-electron chi connectivity index (χ2n) is 5.70. The Balaban J connectivity index is 1.78.